The summed E-state index contributed by atoms with van der Waals surface area (Å²) in [6.45, 7) is 2.43. The average Bonchev–Trinajstić information content (AvgIpc) is 2.56. The first-order chi connectivity index (χ1) is 11.1. The van der Waals surface area contributed by atoms with Crippen LogP contribution in [-0.4, -0.2) is 35.9 Å². The molecule has 2 N–H and O–H groups in total. The summed E-state index contributed by atoms with van der Waals surface area (Å²) in [5, 5.41) is 19.4. The molecule has 5 nitrogen and oxygen atoms in total. The number of anilines is 1. The monoisotopic (exact) mass is 315 g/mol. The van der Waals surface area contributed by atoms with Crippen LogP contribution in [-0.2, 0) is 11.2 Å². The number of ether oxygens (including phenoxy) is 1. The van der Waals surface area contributed by atoms with Crippen LogP contribution in [0.2, 0.25) is 0 Å². The molecule has 1 unspecified atom stereocenters. The minimum absolute atomic E-state index is 0.0298. The number of carboxylic acids is 1. The van der Waals surface area contributed by atoms with Gasteiger partial charge < -0.3 is 19.8 Å². The smallest absolute Gasteiger partial charge is 0.326 e. The van der Waals surface area contributed by atoms with Crippen LogP contribution in [0.3, 0.4) is 0 Å². The van der Waals surface area contributed by atoms with Gasteiger partial charge in [-0.25, -0.2) is 4.79 Å². The zero-order chi connectivity index (χ0) is 16.8. The van der Waals surface area contributed by atoms with Gasteiger partial charge in [0, 0.05) is 24.7 Å². The maximum atomic E-state index is 11.8. The van der Waals surface area contributed by atoms with Crippen molar-refractivity contribution in [2.45, 2.75) is 19.4 Å². The summed E-state index contributed by atoms with van der Waals surface area (Å²) in [7, 11) is 1.47. The average molecular weight is 315 g/mol. The highest BCUT2D eigenvalue weighted by Gasteiger charge is 2.25. The standard InChI is InChI=1S/C18H21NO4/c1-3-19(14-9-10-16(20)17(12-14)23-2)15(18(21)22)11-13-7-5-4-6-8-13/h4-10,12,15,20H,3,11H2,1-2H3,(H,21,22). The molecule has 0 saturated heterocycles. The van der Waals surface area contributed by atoms with E-state index >= 15 is 0 Å². The lowest BCUT2D eigenvalue weighted by Crippen LogP contribution is -2.43. The quantitative estimate of drug-likeness (QED) is 0.822. The van der Waals surface area contributed by atoms with Crippen molar-refractivity contribution in [2.75, 3.05) is 18.6 Å². The Morgan fingerprint density at radius 1 is 1.22 bits per heavy atom. The fourth-order valence-electron chi connectivity index (χ4n) is 2.60. The van der Waals surface area contributed by atoms with E-state index in [9.17, 15) is 15.0 Å². The van der Waals surface area contributed by atoms with Gasteiger partial charge in [-0.2, -0.15) is 0 Å². The largest absolute Gasteiger partial charge is 0.504 e. The molecule has 1 atom stereocenters. The highest BCUT2D eigenvalue weighted by atomic mass is 16.5. The molecule has 0 radical (unpaired) electrons. The van der Waals surface area contributed by atoms with Gasteiger partial charge in [0.2, 0.25) is 0 Å². The van der Waals surface area contributed by atoms with Crippen LogP contribution in [0, 0.1) is 0 Å². The number of hydrogen-bond donors (Lipinski definition) is 2. The van der Waals surface area contributed by atoms with Crippen molar-refractivity contribution in [1.82, 2.24) is 0 Å². The SMILES string of the molecule is CCN(c1ccc(O)c(OC)c1)C(Cc1ccccc1)C(=O)O. The molecule has 2 aromatic carbocycles. The van der Waals surface area contributed by atoms with E-state index < -0.39 is 12.0 Å². The molecule has 0 aliphatic rings. The summed E-state index contributed by atoms with van der Waals surface area (Å²) in [4.78, 5) is 13.6. The number of aliphatic carboxylic acids is 1. The van der Waals surface area contributed by atoms with Crippen LogP contribution >= 0.6 is 0 Å². The second-order valence-electron chi connectivity index (χ2n) is 5.19. The first-order valence-corrected chi connectivity index (χ1v) is 7.47. The van der Waals surface area contributed by atoms with E-state index in [1.807, 2.05) is 37.3 Å². The van der Waals surface area contributed by atoms with Crippen LogP contribution in [0.1, 0.15) is 12.5 Å². The van der Waals surface area contributed by atoms with Gasteiger partial charge in [-0.1, -0.05) is 30.3 Å². The minimum atomic E-state index is -0.886. The number of carbonyl (C=O) groups is 1. The predicted molar refractivity (Wildman–Crippen MR) is 89.2 cm³/mol. The number of phenols is 1. The first-order valence-electron chi connectivity index (χ1n) is 7.47. The molecule has 5 heteroatoms. The summed E-state index contributed by atoms with van der Waals surface area (Å²) < 4.78 is 5.11. The highest BCUT2D eigenvalue weighted by Crippen LogP contribution is 2.31. The molecule has 122 valence electrons. The molecule has 0 amide bonds. The molecule has 0 spiro atoms. The van der Waals surface area contributed by atoms with Crippen molar-refractivity contribution in [3.8, 4) is 11.5 Å². The van der Waals surface area contributed by atoms with Gasteiger partial charge in [0.05, 0.1) is 7.11 Å². The van der Waals surface area contributed by atoms with Crippen LogP contribution in [0.15, 0.2) is 48.5 Å². The van der Waals surface area contributed by atoms with E-state index in [1.54, 1.807) is 17.0 Å². The van der Waals surface area contributed by atoms with Crippen molar-refractivity contribution >= 4 is 11.7 Å². The molecule has 2 rings (SSSR count). The summed E-state index contributed by atoms with van der Waals surface area (Å²) in [6.07, 6.45) is 0.396. The van der Waals surface area contributed by atoms with Crippen molar-refractivity contribution in [2.24, 2.45) is 0 Å². The van der Waals surface area contributed by atoms with E-state index in [1.165, 1.54) is 13.2 Å². The molecule has 0 aromatic heterocycles. The topological polar surface area (TPSA) is 70.0 Å². The van der Waals surface area contributed by atoms with Crippen LogP contribution < -0.4 is 9.64 Å². The summed E-state index contributed by atoms with van der Waals surface area (Å²) in [5.74, 6) is -0.533. The first kappa shape index (κ1) is 16.7. The van der Waals surface area contributed by atoms with Gasteiger partial charge in [0.15, 0.2) is 11.5 Å². The van der Waals surface area contributed by atoms with Gasteiger partial charge >= 0.3 is 5.97 Å². The van der Waals surface area contributed by atoms with E-state index in [2.05, 4.69) is 0 Å². The van der Waals surface area contributed by atoms with Crippen molar-refractivity contribution in [1.29, 1.82) is 0 Å². The lowest BCUT2D eigenvalue weighted by atomic mass is 10.0. The van der Waals surface area contributed by atoms with E-state index in [0.717, 1.165) is 5.56 Å². The van der Waals surface area contributed by atoms with E-state index in [4.69, 9.17) is 4.74 Å². The third-order valence-corrected chi connectivity index (χ3v) is 3.77. The van der Waals surface area contributed by atoms with Gasteiger partial charge in [0.25, 0.3) is 0 Å². The van der Waals surface area contributed by atoms with Gasteiger partial charge in [0.1, 0.15) is 6.04 Å². The van der Waals surface area contributed by atoms with Gasteiger partial charge in [-0.15, -0.1) is 0 Å². The third-order valence-electron chi connectivity index (χ3n) is 3.77. The third kappa shape index (κ3) is 3.94. The Bertz CT molecular complexity index is 657. The summed E-state index contributed by atoms with van der Waals surface area (Å²) in [5.41, 5.74) is 1.66. The van der Waals surface area contributed by atoms with Crippen LogP contribution in [0.25, 0.3) is 0 Å². The zero-order valence-electron chi connectivity index (χ0n) is 13.3. The number of nitrogens with zero attached hydrogens (tertiary/aromatic N) is 1. The molecule has 23 heavy (non-hydrogen) atoms. The Labute approximate surface area is 135 Å². The molecular formula is C18H21NO4. The number of hydrogen-bond acceptors (Lipinski definition) is 4. The Hall–Kier alpha value is -2.69. The molecule has 0 aliphatic carbocycles. The number of benzene rings is 2. The molecule has 0 heterocycles. The zero-order valence-corrected chi connectivity index (χ0v) is 13.3. The summed E-state index contributed by atoms with van der Waals surface area (Å²) >= 11 is 0. The number of likely N-dealkylation sites (N-methyl/N-ethyl adjacent to an activating group) is 1. The fraction of sp³-hybridized carbons (Fsp3) is 0.278. The van der Waals surface area contributed by atoms with Crippen molar-refractivity contribution in [3.05, 3.63) is 54.1 Å². The van der Waals surface area contributed by atoms with E-state index in [-0.39, 0.29) is 5.75 Å². The summed E-state index contributed by atoms with van der Waals surface area (Å²) in [6, 6.07) is 13.7. The number of methoxy groups -OCH3 is 1. The molecule has 0 saturated carbocycles. The Kier molecular flexibility index (Phi) is 5.46. The lowest BCUT2D eigenvalue weighted by molar-refractivity contribution is -0.138. The second-order valence-corrected chi connectivity index (χ2v) is 5.19. The Balaban J connectivity index is 2.33. The maximum Gasteiger partial charge on any atom is 0.326 e. The van der Waals surface area contributed by atoms with Crippen LogP contribution in [0.5, 0.6) is 11.5 Å². The highest BCUT2D eigenvalue weighted by molar-refractivity contribution is 5.79. The minimum Gasteiger partial charge on any atom is -0.504 e. The van der Waals surface area contributed by atoms with Gasteiger partial charge in [-0.05, 0) is 24.6 Å². The number of carboxylic acid groups (broad SMARTS) is 1. The fourth-order valence-corrected chi connectivity index (χ4v) is 2.60. The number of phenolic OH excluding ortho intramolecular Hbond substituents is 1. The molecule has 0 bridgehead atoms. The molecular weight excluding hydrogens is 294 g/mol. The normalized spacial score (nSPS) is 11.7. The molecule has 0 fully saturated rings. The second kappa shape index (κ2) is 7.54. The number of rotatable bonds is 7. The Morgan fingerprint density at radius 3 is 2.48 bits per heavy atom. The number of aromatic hydroxyl groups is 1. The van der Waals surface area contributed by atoms with E-state index in [0.29, 0.717) is 24.4 Å². The molecule has 2 aromatic rings. The maximum absolute atomic E-state index is 11.8. The molecule has 0 aliphatic heterocycles. The van der Waals surface area contributed by atoms with Crippen molar-refractivity contribution in [3.63, 3.8) is 0 Å². The lowest BCUT2D eigenvalue weighted by Gasteiger charge is -2.30. The van der Waals surface area contributed by atoms with Gasteiger partial charge in [-0.3, -0.25) is 0 Å². The van der Waals surface area contributed by atoms with Crippen molar-refractivity contribution < 1.29 is 19.7 Å². The predicted octanol–water partition coefficient (Wildman–Crippen LogP) is 2.92. The van der Waals surface area contributed by atoms with Crippen LogP contribution in [0.4, 0.5) is 5.69 Å². The Morgan fingerprint density at radius 2 is 1.91 bits per heavy atom.